The van der Waals surface area contributed by atoms with E-state index in [4.69, 9.17) is 4.89 Å². The smallest absolute Gasteiger partial charge is 0.384 e. The minimum Gasteiger partial charge on any atom is -0.385 e. The summed E-state index contributed by atoms with van der Waals surface area (Å²) in [7, 11) is 0. The number of quaternary nitrogens is 1. The lowest BCUT2D eigenvalue weighted by Crippen LogP contribution is -2.74. The standard InChI is InChI=1S/C19H26F16NO4.C12H8F16O2.C6H15N/c1-4-36(5-2,10-40-39-6-3)7-11(37)8-38-9-13(22,23)15(26,27)17(30,31)19(34,35)18(32,33)16(28,29)14(24,25)12(20)21;13-5(14)7(17,18)9(21,22)11(25,26)12(27,28)10(23,24)8(19,20)6(15,16)3-29-1-4-2-30-4;1-4-7(5-2)6-3/h11-12,37H,4-10H2,1-3H3;4-5H,1-3H2;4-6H2,1-3H3/q+1;;. The molecular formula is C37H49F32N2O6+. The van der Waals surface area contributed by atoms with Crippen molar-refractivity contribution < 1.29 is 174 Å². The number of aliphatic hydroxyl groups is 1. The maximum atomic E-state index is 13.9. The quantitative estimate of drug-likeness (QED) is 0.0133. The summed E-state index contributed by atoms with van der Waals surface area (Å²) in [5.74, 6) is -110. The molecule has 1 aliphatic heterocycles. The van der Waals surface area contributed by atoms with E-state index >= 15 is 0 Å². The highest BCUT2D eigenvalue weighted by atomic mass is 19.4. The van der Waals surface area contributed by atoms with Gasteiger partial charge in [0.25, 0.3) is 0 Å². The molecule has 40 heteroatoms. The van der Waals surface area contributed by atoms with Crippen molar-refractivity contribution in [3.63, 3.8) is 0 Å². The Balaban J connectivity index is 0. The summed E-state index contributed by atoms with van der Waals surface area (Å²) in [6, 6.07) is 0. The number of hydrogen-bond donors (Lipinski definition) is 1. The summed E-state index contributed by atoms with van der Waals surface area (Å²) in [5, 5.41) is 9.96. The van der Waals surface area contributed by atoms with E-state index < -0.39 is 141 Å². The van der Waals surface area contributed by atoms with Gasteiger partial charge in [-0.2, -0.15) is 128 Å². The lowest BCUT2D eigenvalue weighted by molar-refractivity contribution is -0.953. The molecule has 1 N–H and O–H groups in total. The van der Waals surface area contributed by atoms with Crippen molar-refractivity contribution in [3.8, 4) is 0 Å². The zero-order valence-electron chi connectivity index (χ0n) is 40.0. The topological polar surface area (TPSA) is 72.9 Å². The Bertz CT molecular complexity index is 1740. The monoisotopic (exact) mass is 1230 g/mol. The van der Waals surface area contributed by atoms with Gasteiger partial charge in [0.2, 0.25) is 6.73 Å². The second-order valence-corrected chi connectivity index (χ2v) is 16.1. The van der Waals surface area contributed by atoms with E-state index in [0.29, 0.717) is 0 Å². The zero-order chi connectivity index (χ0) is 62.1. The molecule has 0 saturated carbocycles. The van der Waals surface area contributed by atoms with Crippen molar-refractivity contribution in [2.45, 2.75) is 150 Å². The van der Waals surface area contributed by atoms with Crippen LogP contribution in [0.15, 0.2) is 0 Å². The van der Waals surface area contributed by atoms with E-state index in [0.717, 1.165) is 0 Å². The van der Waals surface area contributed by atoms with Crippen LogP contribution in [0.1, 0.15) is 41.5 Å². The largest absolute Gasteiger partial charge is 0.385 e. The van der Waals surface area contributed by atoms with Gasteiger partial charge in [-0.1, -0.05) is 20.8 Å². The fraction of sp³-hybridized carbons (Fsp3) is 1.00. The minimum absolute atomic E-state index is 0.0876. The highest BCUT2D eigenvalue weighted by Gasteiger charge is 2.95. The number of ether oxygens (including phenoxy) is 3. The second-order valence-electron chi connectivity index (χ2n) is 16.1. The van der Waals surface area contributed by atoms with Gasteiger partial charge in [0.05, 0.1) is 39.5 Å². The fourth-order valence-electron chi connectivity index (χ4n) is 5.44. The van der Waals surface area contributed by atoms with Crippen molar-refractivity contribution in [3.05, 3.63) is 0 Å². The second kappa shape index (κ2) is 26.6. The van der Waals surface area contributed by atoms with E-state index in [9.17, 15) is 146 Å². The molecule has 1 fully saturated rings. The fourth-order valence-corrected chi connectivity index (χ4v) is 5.44. The molecule has 0 radical (unpaired) electrons. The molecule has 8 nitrogen and oxygen atoms in total. The van der Waals surface area contributed by atoms with Crippen molar-refractivity contribution in [1.82, 2.24) is 4.90 Å². The Hall–Kier alpha value is -2.56. The van der Waals surface area contributed by atoms with Crippen LogP contribution in [0.5, 0.6) is 0 Å². The lowest BCUT2D eigenvalue weighted by atomic mass is 9.89. The van der Waals surface area contributed by atoms with E-state index in [2.05, 4.69) is 44.8 Å². The first-order valence-electron chi connectivity index (χ1n) is 21.2. The molecule has 1 heterocycles. The Labute approximate surface area is 414 Å². The van der Waals surface area contributed by atoms with Crippen LogP contribution in [-0.4, -0.2) is 208 Å². The summed E-state index contributed by atoms with van der Waals surface area (Å²) in [5.41, 5.74) is 0. The highest BCUT2D eigenvalue weighted by Crippen LogP contribution is 2.64. The first-order chi connectivity index (χ1) is 34.1. The van der Waals surface area contributed by atoms with Crippen LogP contribution in [0.2, 0.25) is 0 Å². The van der Waals surface area contributed by atoms with Crippen LogP contribution in [0.4, 0.5) is 140 Å². The Kier molecular flexibility index (Phi) is 26.4. The number of rotatable bonds is 33. The number of halogens is 32. The number of likely N-dealkylation sites (N-methyl/N-ethyl adjacent to an activating group) is 1. The molecular weight excluding hydrogens is 1180 g/mol. The predicted octanol–water partition coefficient (Wildman–Crippen LogP) is 12.3. The lowest BCUT2D eigenvalue weighted by Gasteiger charge is -2.42. The van der Waals surface area contributed by atoms with Crippen molar-refractivity contribution in [2.24, 2.45) is 0 Å². The zero-order valence-corrected chi connectivity index (χ0v) is 40.0. The third kappa shape index (κ3) is 15.1. The molecule has 1 saturated heterocycles. The van der Waals surface area contributed by atoms with Crippen molar-refractivity contribution in [1.29, 1.82) is 0 Å². The summed E-state index contributed by atoms with van der Waals surface area (Å²) in [4.78, 5) is 11.9. The number of alkyl halides is 32. The summed E-state index contributed by atoms with van der Waals surface area (Å²) >= 11 is 0. The molecule has 77 heavy (non-hydrogen) atoms. The summed E-state index contributed by atoms with van der Waals surface area (Å²) in [6.07, 6.45) is -14.6. The minimum atomic E-state index is -8.46. The van der Waals surface area contributed by atoms with Gasteiger partial charge in [0.1, 0.15) is 32.0 Å². The number of nitrogens with zero attached hydrogens (tertiary/aromatic N) is 2. The van der Waals surface area contributed by atoms with Crippen molar-refractivity contribution >= 4 is 0 Å². The summed E-state index contributed by atoms with van der Waals surface area (Å²) in [6.45, 7) is 6.19. The third-order valence-electron chi connectivity index (χ3n) is 10.9. The maximum Gasteiger partial charge on any atom is 0.384 e. The van der Waals surface area contributed by atoms with Gasteiger partial charge in [-0.05, 0) is 40.4 Å². The van der Waals surface area contributed by atoms with Gasteiger partial charge in [-0.15, -0.1) is 0 Å². The molecule has 0 spiro atoms. The van der Waals surface area contributed by atoms with Gasteiger partial charge in [0, 0.05) is 0 Å². The first-order valence-corrected chi connectivity index (χ1v) is 21.2. The third-order valence-corrected chi connectivity index (χ3v) is 10.9. The molecule has 1 aliphatic rings. The van der Waals surface area contributed by atoms with Crippen LogP contribution in [0, 0.1) is 0 Å². The maximum absolute atomic E-state index is 13.9. The molecule has 1 rings (SSSR count). The molecule has 2 atom stereocenters. The number of hydrogen-bond acceptors (Lipinski definition) is 7. The predicted molar refractivity (Wildman–Crippen MR) is 196 cm³/mol. The van der Waals surface area contributed by atoms with E-state index in [1.54, 1.807) is 13.8 Å². The number of aliphatic hydroxyl groups excluding tert-OH is 1. The molecule has 0 aromatic rings. The van der Waals surface area contributed by atoms with E-state index in [1.165, 1.54) is 26.6 Å². The van der Waals surface area contributed by atoms with Gasteiger partial charge in [-0.3, -0.25) is 4.48 Å². The van der Waals surface area contributed by atoms with Crippen LogP contribution >= 0.6 is 0 Å². The Morgan fingerprint density at radius 1 is 0.468 bits per heavy atom. The molecule has 0 aliphatic carbocycles. The van der Waals surface area contributed by atoms with Gasteiger partial charge >= 0.3 is 95.8 Å². The van der Waals surface area contributed by atoms with Gasteiger partial charge in [-0.25, -0.2) is 22.4 Å². The van der Waals surface area contributed by atoms with E-state index in [1.807, 2.05) is 0 Å². The molecule has 0 amide bonds. The molecule has 0 aromatic heterocycles. The normalized spacial score (nSPS) is 17.1. The Morgan fingerprint density at radius 3 is 1.03 bits per heavy atom. The molecule has 2 unspecified atom stereocenters. The first kappa shape index (κ1) is 76.5. The van der Waals surface area contributed by atoms with Crippen molar-refractivity contribution in [2.75, 3.05) is 85.6 Å². The SMILES string of the molecule is CCN(CC)CC.CCOOC[N+](CC)(CC)CC(O)COCC(F)(F)C(F)(F)C(F)(F)C(F)(F)C(F)(F)C(F)(F)C(F)(F)C(F)F.FC(F)C(F)(F)C(F)(F)C(F)(F)C(F)(F)C(F)(F)C(F)(F)C(F)(F)COCC1CO1. The van der Waals surface area contributed by atoms with E-state index in [-0.39, 0.29) is 37.5 Å². The average Bonchev–Trinajstić information content (AvgIpc) is 4.13. The highest BCUT2D eigenvalue weighted by molar-refractivity contribution is 5.16. The van der Waals surface area contributed by atoms with Gasteiger partial charge in [0.15, 0.2) is 0 Å². The van der Waals surface area contributed by atoms with Crippen LogP contribution in [0.25, 0.3) is 0 Å². The van der Waals surface area contributed by atoms with Crippen LogP contribution < -0.4 is 0 Å². The van der Waals surface area contributed by atoms with Gasteiger partial charge < -0.3 is 24.2 Å². The average molecular weight is 1230 g/mol. The number of epoxide rings is 1. The molecule has 466 valence electrons. The molecule has 0 aromatic carbocycles. The van der Waals surface area contributed by atoms with Crippen LogP contribution in [-0.2, 0) is 24.0 Å². The van der Waals surface area contributed by atoms with Crippen LogP contribution in [0.3, 0.4) is 0 Å². The summed E-state index contributed by atoms with van der Waals surface area (Å²) < 4.78 is 433. The Morgan fingerprint density at radius 2 is 0.766 bits per heavy atom. The molecule has 0 bridgehead atoms.